The van der Waals surface area contributed by atoms with E-state index in [0.717, 1.165) is 28.1 Å². The average molecular weight is 344 g/mol. The van der Waals surface area contributed by atoms with Gasteiger partial charge in [-0.3, -0.25) is 4.57 Å². The van der Waals surface area contributed by atoms with Gasteiger partial charge < -0.3 is 10.1 Å². The van der Waals surface area contributed by atoms with E-state index in [4.69, 9.17) is 4.74 Å². The molecule has 0 saturated heterocycles. The fraction of sp³-hybridized carbons (Fsp3) is 0.176. The lowest BCUT2D eigenvalue weighted by Gasteiger charge is -2.11. The van der Waals surface area contributed by atoms with Gasteiger partial charge in [-0.05, 0) is 54.8 Å². The maximum Gasteiger partial charge on any atom is 0.195 e. The van der Waals surface area contributed by atoms with E-state index in [2.05, 4.69) is 15.5 Å². The number of aromatic nitrogens is 3. The second-order valence-corrected chi connectivity index (χ2v) is 5.77. The lowest BCUT2D eigenvalue weighted by molar-refractivity contribution is 0.414. The van der Waals surface area contributed by atoms with E-state index in [1.54, 1.807) is 19.2 Å². The first kappa shape index (κ1) is 16.3. The quantitative estimate of drug-likeness (QED) is 0.690. The molecule has 1 aromatic heterocycles. The van der Waals surface area contributed by atoms with Crippen LogP contribution in [0.5, 0.6) is 5.75 Å². The van der Waals surface area contributed by atoms with Gasteiger partial charge >= 0.3 is 0 Å². The Labute approximate surface area is 143 Å². The average Bonchev–Trinajstić information content (AvgIpc) is 3.04. The van der Waals surface area contributed by atoms with E-state index in [0.29, 0.717) is 6.54 Å². The van der Waals surface area contributed by atoms with E-state index in [1.165, 1.54) is 23.9 Å². The van der Waals surface area contributed by atoms with Gasteiger partial charge in [0.05, 0.1) is 13.7 Å². The summed E-state index contributed by atoms with van der Waals surface area (Å²) in [6, 6.07) is 13.9. The summed E-state index contributed by atoms with van der Waals surface area (Å²) in [5, 5.41) is 12.5. The molecule has 0 unspecified atom stereocenters. The van der Waals surface area contributed by atoms with Crippen LogP contribution in [0.4, 0.5) is 10.1 Å². The fourth-order valence-electron chi connectivity index (χ4n) is 2.29. The Kier molecular flexibility index (Phi) is 5.00. The Morgan fingerprint density at radius 2 is 1.79 bits per heavy atom. The Morgan fingerprint density at radius 3 is 2.42 bits per heavy atom. The number of methoxy groups -OCH3 is 1. The van der Waals surface area contributed by atoms with Crippen molar-refractivity contribution in [3.63, 3.8) is 0 Å². The van der Waals surface area contributed by atoms with E-state index >= 15 is 0 Å². The largest absolute Gasteiger partial charge is 0.497 e. The first-order chi connectivity index (χ1) is 11.7. The molecule has 1 N–H and O–H groups in total. The van der Waals surface area contributed by atoms with Crippen LogP contribution in [-0.2, 0) is 6.54 Å². The van der Waals surface area contributed by atoms with E-state index < -0.39 is 0 Å². The van der Waals surface area contributed by atoms with Gasteiger partial charge in [-0.1, -0.05) is 11.8 Å². The predicted octanol–water partition coefficient (Wildman–Crippen LogP) is 3.75. The predicted molar refractivity (Wildman–Crippen MR) is 93.4 cm³/mol. The minimum atomic E-state index is -0.258. The van der Waals surface area contributed by atoms with Crippen LogP contribution in [-0.4, -0.2) is 28.1 Å². The summed E-state index contributed by atoms with van der Waals surface area (Å²) in [4.78, 5) is 0. The molecule has 0 spiro atoms. The van der Waals surface area contributed by atoms with Gasteiger partial charge in [0, 0.05) is 11.4 Å². The molecule has 3 rings (SSSR count). The monoisotopic (exact) mass is 344 g/mol. The molecule has 0 radical (unpaired) electrons. The van der Waals surface area contributed by atoms with Crippen molar-refractivity contribution in [1.82, 2.24) is 14.8 Å². The minimum Gasteiger partial charge on any atom is -0.497 e. The van der Waals surface area contributed by atoms with Crippen molar-refractivity contribution in [3.05, 3.63) is 60.2 Å². The first-order valence-electron chi connectivity index (χ1n) is 7.33. The molecular weight excluding hydrogens is 327 g/mol. The Bertz CT molecular complexity index is 802. The zero-order valence-corrected chi connectivity index (χ0v) is 14.2. The number of ether oxygens (including phenoxy) is 1. The first-order valence-corrected chi connectivity index (χ1v) is 8.56. The summed E-state index contributed by atoms with van der Waals surface area (Å²) >= 11 is 1.53. The van der Waals surface area contributed by atoms with Crippen molar-refractivity contribution in [1.29, 1.82) is 0 Å². The van der Waals surface area contributed by atoms with Crippen LogP contribution in [0, 0.1) is 5.82 Å². The lowest BCUT2D eigenvalue weighted by Crippen LogP contribution is -2.08. The van der Waals surface area contributed by atoms with E-state index in [-0.39, 0.29) is 5.82 Å². The molecule has 124 valence electrons. The zero-order valence-electron chi connectivity index (χ0n) is 13.4. The number of thioether (sulfide) groups is 1. The number of nitrogens with one attached hydrogen (secondary N) is 1. The van der Waals surface area contributed by atoms with Crippen LogP contribution >= 0.6 is 11.8 Å². The smallest absolute Gasteiger partial charge is 0.195 e. The summed E-state index contributed by atoms with van der Waals surface area (Å²) in [7, 11) is 1.64. The standard InChI is InChI=1S/C17H17FN4OS/c1-23-15-9-7-14(8-10-15)22-16(20-21-17(22)24-2)11-19-13-5-3-12(18)4-6-13/h3-10,19H,11H2,1-2H3. The summed E-state index contributed by atoms with van der Waals surface area (Å²) in [5.41, 5.74) is 1.78. The molecule has 5 nitrogen and oxygen atoms in total. The molecule has 0 aliphatic rings. The van der Waals surface area contributed by atoms with Crippen LogP contribution in [0.1, 0.15) is 5.82 Å². The minimum absolute atomic E-state index is 0.258. The van der Waals surface area contributed by atoms with Crippen LogP contribution in [0.25, 0.3) is 5.69 Å². The van der Waals surface area contributed by atoms with Gasteiger partial charge in [-0.25, -0.2) is 4.39 Å². The highest BCUT2D eigenvalue weighted by Gasteiger charge is 2.13. The Balaban J connectivity index is 1.85. The van der Waals surface area contributed by atoms with Crippen molar-refractivity contribution in [2.75, 3.05) is 18.7 Å². The summed E-state index contributed by atoms with van der Waals surface area (Å²) in [6.07, 6.45) is 1.96. The second-order valence-electron chi connectivity index (χ2n) is 5.00. The van der Waals surface area contributed by atoms with Gasteiger partial charge in [0.15, 0.2) is 11.0 Å². The maximum absolute atomic E-state index is 13.0. The van der Waals surface area contributed by atoms with Crippen molar-refractivity contribution < 1.29 is 9.13 Å². The van der Waals surface area contributed by atoms with Crippen molar-refractivity contribution in [3.8, 4) is 11.4 Å². The maximum atomic E-state index is 13.0. The number of hydrogen-bond acceptors (Lipinski definition) is 5. The molecule has 0 aliphatic heterocycles. The Morgan fingerprint density at radius 1 is 1.08 bits per heavy atom. The van der Waals surface area contributed by atoms with Gasteiger partial charge in [-0.2, -0.15) is 0 Å². The molecule has 0 aliphatic carbocycles. The van der Waals surface area contributed by atoms with E-state index in [1.807, 2.05) is 35.1 Å². The third-order valence-electron chi connectivity index (χ3n) is 3.51. The van der Waals surface area contributed by atoms with Crippen molar-refractivity contribution in [2.24, 2.45) is 0 Å². The van der Waals surface area contributed by atoms with Crippen molar-refractivity contribution >= 4 is 17.4 Å². The van der Waals surface area contributed by atoms with Crippen LogP contribution in [0.15, 0.2) is 53.7 Å². The molecule has 0 bridgehead atoms. The fourth-order valence-corrected chi connectivity index (χ4v) is 2.80. The number of benzene rings is 2. The number of hydrogen-bond donors (Lipinski definition) is 1. The second kappa shape index (κ2) is 7.35. The summed E-state index contributed by atoms with van der Waals surface area (Å²) < 4.78 is 20.2. The highest BCUT2D eigenvalue weighted by molar-refractivity contribution is 7.98. The van der Waals surface area contributed by atoms with Crippen LogP contribution < -0.4 is 10.1 Å². The third-order valence-corrected chi connectivity index (χ3v) is 4.14. The molecular formula is C17H17FN4OS. The van der Waals surface area contributed by atoms with Gasteiger partial charge in [0.2, 0.25) is 0 Å². The molecule has 0 saturated carbocycles. The van der Waals surface area contributed by atoms with Crippen molar-refractivity contribution in [2.45, 2.75) is 11.7 Å². The number of halogens is 1. The molecule has 0 atom stereocenters. The molecule has 24 heavy (non-hydrogen) atoms. The van der Waals surface area contributed by atoms with Crippen LogP contribution in [0.3, 0.4) is 0 Å². The molecule has 7 heteroatoms. The number of nitrogens with zero attached hydrogens (tertiary/aromatic N) is 3. The molecule has 2 aromatic carbocycles. The number of anilines is 1. The lowest BCUT2D eigenvalue weighted by atomic mass is 10.3. The SMILES string of the molecule is COc1ccc(-n2c(CNc3ccc(F)cc3)nnc2SC)cc1. The third kappa shape index (κ3) is 3.51. The van der Waals surface area contributed by atoms with Gasteiger partial charge in [-0.15, -0.1) is 10.2 Å². The normalized spacial score (nSPS) is 10.6. The summed E-state index contributed by atoms with van der Waals surface area (Å²) in [5.74, 6) is 1.31. The summed E-state index contributed by atoms with van der Waals surface area (Å²) in [6.45, 7) is 0.477. The topological polar surface area (TPSA) is 52.0 Å². The molecule has 3 aromatic rings. The van der Waals surface area contributed by atoms with Gasteiger partial charge in [0.25, 0.3) is 0 Å². The van der Waals surface area contributed by atoms with Crippen LogP contribution in [0.2, 0.25) is 0 Å². The molecule has 0 amide bonds. The highest BCUT2D eigenvalue weighted by Crippen LogP contribution is 2.22. The number of rotatable bonds is 6. The highest BCUT2D eigenvalue weighted by atomic mass is 32.2. The molecule has 0 fully saturated rings. The Hall–Kier alpha value is -2.54. The van der Waals surface area contributed by atoms with E-state index in [9.17, 15) is 4.39 Å². The van der Waals surface area contributed by atoms with Gasteiger partial charge in [0.1, 0.15) is 11.6 Å². The molecule has 1 heterocycles. The zero-order chi connectivity index (χ0) is 16.9.